The lowest BCUT2D eigenvalue weighted by atomic mass is 10.0. The van der Waals surface area contributed by atoms with Gasteiger partial charge in [0.15, 0.2) is 0 Å². The van der Waals surface area contributed by atoms with E-state index in [0.29, 0.717) is 13.2 Å². The highest BCUT2D eigenvalue weighted by Crippen LogP contribution is 2.24. The minimum Gasteiger partial charge on any atom is -0.492 e. The molecule has 0 radical (unpaired) electrons. The van der Waals surface area contributed by atoms with Crippen molar-refractivity contribution in [2.24, 2.45) is 0 Å². The normalized spacial score (nSPS) is 19.6. The number of ether oxygens (including phenoxy) is 1. The first-order valence-corrected chi connectivity index (χ1v) is 9.12. The van der Waals surface area contributed by atoms with E-state index in [1.54, 1.807) is 4.90 Å². The number of nitrogens with one attached hydrogen (secondary N) is 2. The fourth-order valence-electron chi connectivity index (χ4n) is 2.83. The predicted molar refractivity (Wildman–Crippen MR) is 101 cm³/mol. The quantitative estimate of drug-likeness (QED) is 0.778. The zero-order chi connectivity index (χ0) is 17.6. The number of halogens is 1. The van der Waals surface area contributed by atoms with Gasteiger partial charge in [-0.15, -0.1) is 0 Å². The van der Waals surface area contributed by atoms with Gasteiger partial charge in [-0.05, 0) is 36.2 Å². The molecule has 2 unspecified atom stereocenters. The average molecular weight is 404 g/mol. The second kappa shape index (κ2) is 8.47. The molecule has 3 rings (SSSR count). The van der Waals surface area contributed by atoms with Gasteiger partial charge < -0.3 is 9.64 Å². The van der Waals surface area contributed by atoms with Crippen LogP contribution in [0.15, 0.2) is 59.1 Å². The molecule has 5 nitrogen and oxygen atoms in total. The third kappa shape index (κ3) is 4.81. The van der Waals surface area contributed by atoms with Crippen molar-refractivity contribution in [2.45, 2.75) is 18.5 Å². The summed E-state index contributed by atoms with van der Waals surface area (Å²) < 4.78 is 6.71. The van der Waals surface area contributed by atoms with Crippen LogP contribution < -0.4 is 15.6 Å². The summed E-state index contributed by atoms with van der Waals surface area (Å²) in [6, 6.07) is 17.7. The number of benzene rings is 2. The molecule has 132 valence electrons. The Labute approximate surface area is 156 Å². The van der Waals surface area contributed by atoms with Crippen LogP contribution in [-0.2, 0) is 4.79 Å². The molecule has 2 aromatic carbocycles. The number of likely N-dealkylation sites (N-methyl/N-ethyl adjacent to an activating group) is 1. The topological polar surface area (TPSA) is 53.6 Å². The van der Waals surface area contributed by atoms with Gasteiger partial charge in [0, 0.05) is 17.6 Å². The van der Waals surface area contributed by atoms with E-state index in [1.807, 2.05) is 49.5 Å². The van der Waals surface area contributed by atoms with Gasteiger partial charge in [0.25, 0.3) is 0 Å². The summed E-state index contributed by atoms with van der Waals surface area (Å²) in [6.45, 7) is 1.03. The molecule has 0 aromatic heterocycles. The maximum Gasteiger partial charge on any atom is 0.240 e. The Morgan fingerprint density at radius 2 is 1.88 bits per heavy atom. The Kier molecular flexibility index (Phi) is 6.07. The second-order valence-electron chi connectivity index (χ2n) is 6.10. The van der Waals surface area contributed by atoms with Gasteiger partial charge in [0.05, 0.1) is 6.54 Å². The van der Waals surface area contributed by atoms with Crippen LogP contribution in [-0.4, -0.2) is 37.0 Å². The number of carbonyl (C=O) groups is 1. The summed E-state index contributed by atoms with van der Waals surface area (Å²) in [5.41, 5.74) is 7.50. The van der Waals surface area contributed by atoms with Gasteiger partial charge in [-0.3, -0.25) is 4.79 Å². The van der Waals surface area contributed by atoms with E-state index in [4.69, 9.17) is 4.74 Å². The number of rotatable bonds is 6. The van der Waals surface area contributed by atoms with Crippen LogP contribution in [0, 0.1) is 0 Å². The van der Waals surface area contributed by atoms with E-state index in [2.05, 4.69) is 38.9 Å². The molecule has 0 aliphatic carbocycles. The van der Waals surface area contributed by atoms with Gasteiger partial charge in [-0.25, -0.2) is 10.9 Å². The smallest absolute Gasteiger partial charge is 0.240 e. The molecule has 1 amide bonds. The van der Waals surface area contributed by atoms with Crippen molar-refractivity contribution in [3.63, 3.8) is 0 Å². The van der Waals surface area contributed by atoms with Gasteiger partial charge in [0.2, 0.25) is 5.91 Å². The molecule has 1 heterocycles. The highest BCUT2D eigenvalue weighted by Gasteiger charge is 2.31. The molecule has 1 aliphatic heterocycles. The predicted octanol–water partition coefficient (Wildman–Crippen LogP) is 2.89. The van der Waals surface area contributed by atoms with Crippen LogP contribution in [0.25, 0.3) is 0 Å². The van der Waals surface area contributed by atoms with Gasteiger partial charge in [0.1, 0.15) is 18.4 Å². The molecular weight excluding hydrogens is 382 g/mol. The fraction of sp³-hybridized carbons (Fsp3) is 0.316. The van der Waals surface area contributed by atoms with Crippen molar-refractivity contribution in [3.8, 4) is 5.75 Å². The monoisotopic (exact) mass is 403 g/mol. The maximum atomic E-state index is 12.6. The number of nitrogens with zero attached hydrogens (tertiary/aromatic N) is 1. The van der Waals surface area contributed by atoms with Crippen molar-refractivity contribution < 1.29 is 9.53 Å². The van der Waals surface area contributed by atoms with E-state index in [9.17, 15) is 4.79 Å². The Morgan fingerprint density at radius 1 is 1.16 bits per heavy atom. The van der Waals surface area contributed by atoms with Gasteiger partial charge in [-0.1, -0.05) is 46.3 Å². The van der Waals surface area contributed by atoms with Crippen molar-refractivity contribution >= 4 is 21.8 Å². The number of carbonyl (C=O) groups excluding carboxylic acids is 1. The SMILES string of the molecule is CN(CCOc1ccccc1)C(=O)C1CC(c2ccc(Br)cc2)NN1. The van der Waals surface area contributed by atoms with E-state index < -0.39 is 0 Å². The third-order valence-corrected chi connectivity index (χ3v) is 4.82. The highest BCUT2D eigenvalue weighted by molar-refractivity contribution is 9.10. The summed E-state index contributed by atoms with van der Waals surface area (Å²) in [7, 11) is 1.81. The number of amides is 1. The Hall–Kier alpha value is -1.89. The molecule has 0 bridgehead atoms. The fourth-order valence-corrected chi connectivity index (χ4v) is 3.09. The first-order valence-electron chi connectivity index (χ1n) is 8.33. The molecule has 2 atom stereocenters. The molecule has 1 saturated heterocycles. The Morgan fingerprint density at radius 3 is 2.60 bits per heavy atom. The van der Waals surface area contributed by atoms with Crippen molar-refractivity contribution in [3.05, 3.63) is 64.6 Å². The van der Waals surface area contributed by atoms with Crippen LogP contribution in [0.2, 0.25) is 0 Å². The number of hydrogen-bond donors (Lipinski definition) is 2. The average Bonchev–Trinajstić information content (AvgIpc) is 3.12. The van der Waals surface area contributed by atoms with E-state index in [1.165, 1.54) is 5.56 Å². The minimum atomic E-state index is -0.227. The standard InChI is InChI=1S/C19H22BrN3O2/c1-23(11-12-25-16-5-3-2-4-6-16)19(24)18-13-17(21-22-18)14-7-9-15(20)10-8-14/h2-10,17-18,21-22H,11-13H2,1H3. The first kappa shape index (κ1) is 17.9. The summed E-state index contributed by atoms with van der Waals surface area (Å²) in [5, 5.41) is 0. The highest BCUT2D eigenvalue weighted by atomic mass is 79.9. The van der Waals surface area contributed by atoms with Gasteiger partial charge in [-0.2, -0.15) is 0 Å². The van der Waals surface area contributed by atoms with Crippen LogP contribution in [0.3, 0.4) is 0 Å². The number of hydrogen-bond acceptors (Lipinski definition) is 4. The minimum absolute atomic E-state index is 0.0729. The summed E-state index contributed by atoms with van der Waals surface area (Å²) in [6.07, 6.45) is 0.727. The third-order valence-electron chi connectivity index (χ3n) is 4.29. The Balaban J connectivity index is 1.47. The summed E-state index contributed by atoms with van der Waals surface area (Å²) in [5.74, 6) is 0.892. The van der Waals surface area contributed by atoms with Crippen molar-refractivity contribution in [1.29, 1.82) is 0 Å². The van der Waals surface area contributed by atoms with Crippen molar-refractivity contribution in [1.82, 2.24) is 15.8 Å². The van der Waals surface area contributed by atoms with Crippen LogP contribution in [0.1, 0.15) is 18.0 Å². The molecule has 2 N–H and O–H groups in total. The first-order chi connectivity index (χ1) is 12.1. The lowest BCUT2D eigenvalue weighted by Crippen LogP contribution is -2.45. The Bertz CT molecular complexity index is 694. The number of hydrazine groups is 1. The maximum absolute atomic E-state index is 12.6. The summed E-state index contributed by atoms with van der Waals surface area (Å²) in [4.78, 5) is 14.3. The van der Waals surface area contributed by atoms with Gasteiger partial charge >= 0.3 is 0 Å². The zero-order valence-corrected chi connectivity index (χ0v) is 15.7. The molecule has 1 aliphatic rings. The largest absolute Gasteiger partial charge is 0.492 e. The van der Waals surface area contributed by atoms with Crippen LogP contribution in [0.5, 0.6) is 5.75 Å². The van der Waals surface area contributed by atoms with E-state index >= 15 is 0 Å². The van der Waals surface area contributed by atoms with E-state index in [0.717, 1.165) is 16.6 Å². The molecule has 6 heteroatoms. The molecule has 1 fully saturated rings. The zero-order valence-electron chi connectivity index (χ0n) is 14.1. The molecule has 25 heavy (non-hydrogen) atoms. The van der Waals surface area contributed by atoms with Crippen molar-refractivity contribution in [2.75, 3.05) is 20.2 Å². The summed E-state index contributed by atoms with van der Waals surface area (Å²) >= 11 is 3.44. The molecular formula is C19H22BrN3O2. The molecule has 2 aromatic rings. The van der Waals surface area contributed by atoms with E-state index in [-0.39, 0.29) is 18.0 Å². The second-order valence-corrected chi connectivity index (χ2v) is 7.02. The molecule has 0 saturated carbocycles. The number of para-hydroxylation sites is 1. The lowest BCUT2D eigenvalue weighted by molar-refractivity contribution is -0.132. The van der Waals surface area contributed by atoms with Crippen LogP contribution >= 0.6 is 15.9 Å². The molecule has 0 spiro atoms. The van der Waals surface area contributed by atoms with Crippen LogP contribution in [0.4, 0.5) is 0 Å². The lowest BCUT2D eigenvalue weighted by Gasteiger charge is -2.21.